The number of nitrogens with zero attached hydrogens (tertiary/aromatic N) is 1. The number of aromatic hydroxyl groups is 1. The number of phenolic OH excluding ortho intramolecular Hbond substituents is 1. The quantitative estimate of drug-likeness (QED) is 0.0403. The molecule has 3 aromatic carbocycles. The first-order valence-electron chi connectivity index (χ1n) is 20.6. The number of nitrogens with one attached hydrogen (secondary N) is 5. The van der Waals surface area contributed by atoms with E-state index in [1.165, 1.54) is 69.6 Å². The molecular formula is C45H60N6O8. The Bertz CT molecular complexity index is 1820. The summed E-state index contributed by atoms with van der Waals surface area (Å²) in [5.41, 5.74) is 2.22. The first-order valence-corrected chi connectivity index (χ1v) is 20.6. The van der Waals surface area contributed by atoms with Crippen molar-refractivity contribution in [2.45, 2.75) is 108 Å². The largest absolute Gasteiger partial charge is 0.508 e. The zero-order valence-corrected chi connectivity index (χ0v) is 33.9. The van der Waals surface area contributed by atoms with Gasteiger partial charge in [-0.25, -0.2) is 4.98 Å². The Morgan fingerprint density at radius 1 is 0.695 bits per heavy atom. The summed E-state index contributed by atoms with van der Waals surface area (Å²) in [7, 11) is 0. The number of H-pyrrole nitrogens is 1. The van der Waals surface area contributed by atoms with E-state index in [0.717, 1.165) is 18.4 Å². The van der Waals surface area contributed by atoms with Crippen molar-refractivity contribution in [3.05, 3.63) is 114 Å². The van der Waals surface area contributed by atoms with Gasteiger partial charge in [0.05, 0.1) is 25.6 Å². The minimum Gasteiger partial charge on any atom is -0.508 e. The lowest BCUT2D eigenvalue weighted by atomic mass is 10.0. The molecule has 1 heterocycles. The smallest absolute Gasteiger partial charge is 0.251 e. The molecule has 0 saturated heterocycles. The summed E-state index contributed by atoms with van der Waals surface area (Å²) >= 11 is 0. The molecule has 0 saturated carbocycles. The normalized spacial score (nSPS) is 13.1. The van der Waals surface area contributed by atoms with Gasteiger partial charge < -0.3 is 46.3 Å². The van der Waals surface area contributed by atoms with Crippen molar-refractivity contribution in [1.29, 1.82) is 0 Å². The second-order valence-electron chi connectivity index (χ2n) is 14.8. The van der Waals surface area contributed by atoms with Crippen molar-refractivity contribution in [2.75, 3.05) is 19.8 Å². The van der Waals surface area contributed by atoms with Crippen LogP contribution in [0.25, 0.3) is 0 Å². The van der Waals surface area contributed by atoms with Crippen LogP contribution < -0.4 is 26.0 Å². The Morgan fingerprint density at radius 2 is 1.27 bits per heavy atom. The van der Waals surface area contributed by atoms with Crippen molar-refractivity contribution >= 4 is 23.6 Å². The third-order valence-electron chi connectivity index (χ3n) is 9.88. The summed E-state index contributed by atoms with van der Waals surface area (Å²) in [6.45, 7) is 2.00. The molecule has 0 bridgehead atoms. The highest BCUT2D eigenvalue weighted by atomic mass is 16.5. The predicted molar refractivity (Wildman–Crippen MR) is 225 cm³/mol. The van der Waals surface area contributed by atoms with Crippen LogP contribution in [0.1, 0.15) is 91.9 Å². The number of amides is 4. The van der Waals surface area contributed by atoms with Gasteiger partial charge >= 0.3 is 0 Å². The number of aromatic amines is 1. The van der Waals surface area contributed by atoms with Crippen molar-refractivity contribution < 1.29 is 39.2 Å². The molecule has 0 spiro atoms. The van der Waals surface area contributed by atoms with E-state index in [4.69, 9.17) is 4.74 Å². The van der Waals surface area contributed by atoms with Gasteiger partial charge in [0.1, 0.15) is 29.6 Å². The third kappa shape index (κ3) is 17.0. The Kier molecular flexibility index (Phi) is 19.9. The molecule has 4 amide bonds. The van der Waals surface area contributed by atoms with Crippen molar-refractivity contribution in [1.82, 2.24) is 31.2 Å². The molecule has 0 radical (unpaired) electrons. The molecule has 4 aromatic rings. The first-order chi connectivity index (χ1) is 28.6. The number of benzene rings is 3. The molecule has 1 unspecified atom stereocenters. The van der Waals surface area contributed by atoms with Gasteiger partial charge in [-0.3, -0.25) is 19.2 Å². The van der Waals surface area contributed by atoms with Crippen LogP contribution in [0.3, 0.4) is 0 Å². The number of imidazole rings is 1. The number of aromatic nitrogens is 2. The second-order valence-corrected chi connectivity index (χ2v) is 14.8. The zero-order valence-electron chi connectivity index (χ0n) is 33.9. The highest BCUT2D eigenvalue weighted by molar-refractivity contribution is 5.99. The first kappa shape index (κ1) is 46.0. The van der Waals surface area contributed by atoms with Crippen LogP contribution in [-0.4, -0.2) is 92.9 Å². The Labute approximate surface area is 346 Å². The number of phenols is 1. The molecule has 0 fully saturated rings. The van der Waals surface area contributed by atoms with Crippen LogP contribution in [0, 0.1) is 0 Å². The van der Waals surface area contributed by atoms with E-state index in [9.17, 15) is 34.5 Å². The maximum atomic E-state index is 14.1. The van der Waals surface area contributed by atoms with E-state index >= 15 is 0 Å². The molecule has 14 nitrogen and oxygen atoms in total. The summed E-state index contributed by atoms with van der Waals surface area (Å²) < 4.78 is 5.91. The molecule has 318 valence electrons. The highest BCUT2D eigenvalue weighted by Gasteiger charge is 2.31. The van der Waals surface area contributed by atoms with E-state index in [1.807, 2.05) is 6.07 Å². The molecule has 0 aliphatic carbocycles. The lowest BCUT2D eigenvalue weighted by molar-refractivity contribution is -0.132. The van der Waals surface area contributed by atoms with E-state index in [2.05, 4.69) is 38.2 Å². The average Bonchev–Trinajstić information content (AvgIpc) is 3.77. The SMILES string of the molecule is CCCCCCCCCCCOc1ccc(C(=O)N[C@@H](Cc2cnc[nH]2)C(=O)N[C@@H](Cc2ccc(O)cc2)C(=O)N[C@@H](Cc2ccccc2)C(=O)NCC(O)CO)cc1. The summed E-state index contributed by atoms with van der Waals surface area (Å²) in [5, 5.41) is 39.9. The summed E-state index contributed by atoms with van der Waals surface area (Å²) in [6, 6.07) is 18.3. The second kappa shape index (κ2) is 25.6. The predicted octanol–water partition coefficient (Wildman–Crippen LogP) is 4.29. The van der Waals surface area contributed by atoms with Gasteiger partial charge in [-0.05, 0) is 53.9 Å². The minimum atomic E-state index is -1.23. The molecule has 59 heavy (non-hydrogen) atoms. The van der Waals surface area contributed by atoms with Gasteiger partial charge in [-0.15, -0.1) is 0 Å². The Hall–Kier alpha value is -5.73. The van der Waals surface area contributed by atoms with Crippen LogP contribution in [0.5, 0.6) is 11.5 Å². The fourth-order valence-corrected chi connectivity index (χ4v) is 6.46. The van der Waals surface area contributed by atoms with Crippen molar-refractivity contribution in [3.63, 3.8) is 0 Å². The molecular weight excluding hydrogens is 753 g/mol. The highest BCUT2D eigenvalue weighted by Crippen LogP contribution is 2.16. The van der Waals surface area contributed by atoms with Crippen molar-refractivity contribution in [2.24, 2.45) is 0 Å². The topological polar surface area (TPSA) is 215 Å². The molecule has 0 aliphatic rings. The average molecular weight is 813 g/mol. The van der Waals surface area contributed by atoms with E-state index < -0.39 is 54.5 Å². The molecule has 8 N–H and O–H groups in total. The maximum absolute atomic E-state index is 14.1. The van der Waals surface area contributed by atoms with Crippen LogP contribution in [0.15, 0.2) is 91.4 Å². The monoisotopic (exact) mass is 812 g/mol. The van der Waals surface area contributed by atoms with Gasteiger partial charge in [-0.1, -0.05) is 101 Å². The minimum absolute atomic E-state index is 0.0178. The molecule has 1 aromatic heterocycles. The van der Waals surface area contributed by atoms with Gasteiger partial charge in [0.15, 0.2) is 0 Å². The van der Waals surface area contributed by atoms with E-state index in [0.29, 0.717) is 29.2 Å². The van der Waals surface area contributed by atoms with Gasteiger partial charge in [0, 0.05) is 43.3 Å². The molecule has 14 heteroatoms. The number of aliphatic hydroxyl groups excluding tert-OH is 2. The van der Waals surface area contributed by atoms with Gasteiger partial charge in [-0.2, -0.15) is 0 Å². The van der Waals surface area contributed by atoms with Crippen molar-refractivity contribution in [3.8, 4) is 11.5 Å². The van der Waals surface area contributed by atoms with E-state index in [-0.39, 0.29) is 31.6 Å². The van der Waals surface area contributed by atoms with Gasteiger partial charge in [0.25, 0.3) is 5.91 Å². The number of rotatable bonds is 27. The summed E-state index contributed by atoms with van der Waals surface area (Å²) in [5.74, 6) is -1.81. The lowest BCUT2D eigenvalue weighted by Gasteiger charge is -2.26. The fraction of sp³-hybridized carbons (Fsp3) is 0.444. The van der Waals surface area contributed by atoms with Crippen LogP contribution in [0.2, 0.25) is 0 Å². The fourth-order valence-electron chi connectivity index (χ4n) is 6.46. The standard InChI is InChI=1S/C45H60N6O8/c1-2-3-4-5-6-7-8-9-13-24-59-38-22-18-34(19-23-38)42(55)49-41(27-35-28-46-31-48-35)45(58)51-40(26-33-16-20-36(53)21-17-33)44(57)50-39(25-32-14-11-10-12-15-32)43(56)47-29-37(54)30-52/h10-12,14-23,28,31,37,39-41,52-54H,2-9,13,24-27,29-30H2,1H3,(H,46,48)(H,47,56)(H,49,55)(H,50,57)(H,51,58)/t37?,39-,40-,41-/m0/s1. The number of hydrogen-bond donors (Lipinski definition) is 8. The zero-order chi connectivity index (χ0) is 42.2. The number of ether oxygens (including phenoxy) is 1. The third-order valence-corrected chi connectivity index (χ3v) is 9.88. The van der Waals surface area contributed by atoms with Crippen LogP contribution in [-0.2, 0) is 33.6 Å². The summed E-state index contributed by atoms with van der Waals surface area (Å²) in [4.78, 5) is 62.1. The number of carbonyl (C=O) groups excluding carboxylic acids is 4. The number of aliphatic hydroxyl groups is 2. The number of carbonyl (C=O) groups is 4. The Balaban J connectivity index is 1.44. The number of unbranched alkanes of at least 4 members (excludes halogenated alkanes) is 8. The van der Waals surface area contributed by atoms with Gasteiger partial charge in [0.2, 0.25) is 17.7 Å². The maximum Gasteiger partial charge on any atom is 0.251 e. The molecule has 0 aliphatic heterocycles. The molecule has 4 atom stereocenters. The summed E-state index contributed by atoms with van der Waals surface area (Å²) in [6.07, 6.45) is 12.8. The lowest BCUT2D eigenvalue weighted by Crippen LogP contribution is -2.58. The molecule has 4 rings (SSSR count). The van der Waals surface area contributed by atoms with Crippen LogP contribution >= 0.6 is 0 Å². The van der Waals surface area contributed by atoms with Crippen LogP contribution in [0.4, 0.5) is 0 Å². The van der Waals surface area contributed by atoms with E-state index in [1.54, 1.807) is 60.7 Å². The number of hydrogen-bond acceptors (Lipinski definition) is 9. The Morgan fingerprint density at radius 3 is 1.86 bits per heavy atom.